The number of halogens is 2. The van der Waals surface area contributed by atoms with Gasteiger partial charge < -0.3 is 20.7 Å². The first-order valence-electron chi connectivity index (χ1n) is 8.77. The highest BCUT2D eigenvalue weighted by Gasteiger charge is 2.31. The largest absolute Gasteiger partial charge is 0.490 e. The van der Waals surface area contributed by atoms with E-state index in [9.17, 15) is 18.4 Å². The van der Waals surface area contributed by atoms with Crippen LogP contribution in [0.3, 0.4) is 0 Å². The lowest BCUT2D eigenvalue weighted by molar-refractivity contribution is -0.113. The molecule has 1 atom stereocenters. The molecule has 150 valence electrons. The van der Waals surface area contributed by atoms with Gasteiger partial charge in [0.1, 0.15) is 12.4 Å². The Hall–Kier alpha value is -3.68. The second kappa shape index (κ2) is 8.55. The number of carbonyl (C=O) groups is 2. The average molecular weight is 399 g/mol. The summed E-state index contributed by atoms with van der Waals surface area (Å²) < 4.78 is 32.1. The van der Waals surface area contributed by atoms with Crippen LogP contribution in [-0.2, 0) is 4.79 Å². The number of carbonyl (C=O) groups excluding carboxylic acids is 2. The van der Waals surface area contributed by atoms with E-state index in [0.717, 1.165) is 12.1 Å². The summed E-state index contributed by atoms with van der Waals surface area (Å²) in [5.41, 5.74) is 1.29. The van der Waals surface area contributed by atoms with Gasteiger partial charge in [-0.15, -0.1) is 0 Å². The number of rotatable bonds is 6. The quantitative estimate of drug-likeness (QED) is 0.647. The number of hydrogen-bond acceptors (Lipinski definition) is 3. The highest BCUT2D eigenvalue weighted by Crippen LogP contribution is 2.30. The summed E-state index contributed by atoms with van der Waals surface area (Å²) in [5.74, 6) is -2.11. The summed E-state index contributed by atoms with van der Waals surface area (Å²) in [5, 5.41) is 7.79. The van der Waals surface area contributed by atoms with E-state index >= 15 is 0 Å². The molecule has 3 N–H and O–H groups in total. The fourth-order valence-corrected chi connectivity index (χ4v) is 2.96. The van der Waals surface area contributed by atoms with E-state index in [1.165, 1.54) is 6.07 Å². The van der Waals surface area contributed by atoms with Crippen LogP contribution in [0, 0.1) is 11.6 Å². The van der Waals surface area contributed by atoms with Crippen molar-refractivity contribution < 1.29 is 23.1 Å². The van der Waals surface area contributed by atoms with Crippen LogP contribution in [0.25, 0.3) is 0 Å². The third-order valence-corrected chi connectivity index (χ3v) is 4.25. The third kappa shape index (κ3) is 4.60. The monoisotopic (exact) mass is 399 g/mol. The second-order valence-corrected chi connectivity index (χ2v) is 6.33. The van der Waals surface area contributed by atoms with Gasteiger partial charge in [-0.05, 0) is 36.8 Å². The van der Waals surface area contributed by atoms with Gasteiger partial charge in [0, 0.05) is 17.5 Å². The van der Waals surface area contributed by atoms with E-state index in [4.69, 9.17) is 4.74 Å². The SMILES string of the molecule is C=CCOc1cccc([C@H]2NC(=O)NC(C)=C2C(=O)Nc2ccc(F)c(F)c2)c1. The molecule has 3 amide bonds. The molecule has 29 heavy (non-hydrogen) atoms. The molecule has 0 fully saturated rings. The number of benzene rings is 2. The van der Waals surface area contributed by atoms with Gasteiger partial charge in [-0.25, -0.2) is 13.6 Å². The summed E-state index contributed by atoms with van der Waals surface area (Å²) in [7, 11) is 0. The molecule has 0 bridgehead atoms. The minimum atomic E-state index is -1.08. The molecule has 1 heterocycles. The molecule has 2 aromatic rings. The van der Waals surface area contributed by atoms with Gasteiger partial charge in [0.25, 0.3) is 5.91 Å². The van der Waals surface area contributed by atoms with Crippen LogP contribution < -0.4 is 20.7 Å². The van der Waals surface area contributed by atoms with Gasteiger partial charge in [-0.1, -0.05) is 24.8 Å². The van der Waals surface area contributed by atoms with Crippen LogP contribution in [-0.4, -0.2) is 18.5 Å². The molecule has 0 spiro atoms. The molecule has 0 saturated heterocycles. The molecule has 3 rings (SSSR count). The Morgan fingerprint density at radius 2 is 2.03 bits per heavy atom. The first-order chi connectivity index (χ1) is 13.9. The number of hydrogen-bond donors (Lipinski definition) is 3. The van der Waals surface area contributed by atoms with Crippen molar-refractivity contribution in [3.05, 3.63) is 83.6 Å². The Balaban J connectivity index is 1.92. The van der Waals surface area contributed by atoms with Crippen molar-refractivity contribution in [2.45, 2.75) is 13.0 Å². The molecule has 6 nitrogen and oxygen atoms in total. The molecule has 0 saturated carbocycles. The molecular formula is C21H19F2N3O3. The minimum absolute atomic E-state index is 0.0907. The van der Waals surface area contributed by atoms with Crippen molar-refractivity contribution in [2.24, 2.45) is 0 Å². The number of allylic oxidation sites excluding steroid dienone is 1. The molecule has 0 aromatic heterocycles. The Kier molecular flexibility index (Phi) is 5.92. The molecule has 0 radical (unpaired) electrons. The summed E-state index contributed by atoms with van der Waals surface area (Å²) >= 11 is 0. The Bertz CT molecular complexity index is 1000. The Morgan fingerprint density at radius 3 is 2.76 bits per heavy atom. The highest BCUT2D eigenvalue weighted by atomic mass is 19.2. The summed E-state index contributed by atoms with van der Waals surface area (Å²) in [6.07, 6.45) is 1.60. The highest BCUT2D eigenvalue weighted by molar-refractivity contribution is 6.06. The zero-order valence-corrected chi connectivity index (χ0v) is 15.6. The van der Waals surface area contributed by atoms with Crippen LogP contribution in [0.2, 0.25) is 0 Å². The number of amides is 3. The molecular weight excluding hydrogens is 380 g/mol. The van der Waals surface area contributed by atoms with Crippen molar-refractivity contribution in [3.8, 4) is 5.75 Å². The fraction of sp³-hybridized carbons (Fsp3) is 0.143. The standard InChI is InChI=1S/C21H19F2N3O3/c1-3-9-29-15-6-4-5-13(10-15)19-18(12(2)24-21(28)26-19)20(27)25-14-7-8-16(22)17(23)11-14/h3-8,10-11,19H,1,9H2,2H3,(H,25,27)(H2,24,26,28)/t19-/m1/s1. The van der Waals surface area contributed by atoms with Gasteiger partial charge in [0.2, 0.25) is 0 Å². The van der Waals surface area contributed by atoms with Crippen LogP contribution in [0.4, 0.5) is 19.3 Å². The number of ether oxygens (including phenoxy) is 1. The molecule has 2 aromatic carbocycles. The first-order valence-corrected chi connectivity index (χ1v) is 8.77. The Labute approximate surface area is 166 Å². The average Bonchev–Trinajstić information content (AvgIpc) is 2.68. The van der Waals surface area contributed by atoms with Crippen molar-refractivity contribution in [2.75, 3.05) is 11.9 Å². The van der Waals surface area contributed by atoms with E-state index in [-0.39, 0.29) is 11.3 Å². The molecule has 1 aliphatic rings. The Morgan fingerprint density at radius 1 is 1.24 bits per heavy atom. The summed E-state index contributed by atoms with van der Waals surface area (Å²) in [6.45, 7) is 5.49. The molecule has 0 unspecified atom stereocenters. The van der Waals surface area contributed by atoms with Crippen LogP contribution in [0.5, 0.6) is 5.75 Å². The molecule has 1 aliphatic heterocycles. The van der Waals surface area contributed by atoms with Gasteiger partial charge in [-0.2, -0.15) is 0 Å². The van der Waals surface area contributed by atoms with Gasteiger partial charge in [0.15, 0.2) is 11.6 Å². The second-order valence-electron chi connectivity index (χ2n) is 6.33. The number of anilines is 1. The normalized spacial score (nSPS) is 16.0. The number of urea groups is 1. The maximum Gasteiger partial charge on any atom is 0.319 e. The minimum Gasteiger partial charge on any atom is -0.490 e. The molecule has 8 heteroatoms. The van der Waals surface area contributed by atoms with Gasteiger partial charge in [-0.3, -0.25) is 4.79 Å². The first kappa shape index (κ1) is 20.1. The smallest absolute Gasteiger partial charge is 0.319 e. The molecule has 0 aliphatic carbocycles. The fourth-order valence-electron chi connectivity index (χ4n) is 2.96. The summed E-state index contributed by atoms with van der Waals surface area (Å²) in [4.78, 5) is 24.9. The van der Waals surface area contributed by atoms with E-state index in [1.54, 1.807) is 37.3 Å². The maximum atomic E-state index is 13.5. The lowest BCUT2D eigenvalue weighted by Crippen LogP contribution is -2.46. The van der Waals surface area contributed by atoms with Crippen molar-refractivity contribution >= 4 is 17.6 Å². The van der Waals surface area contributed by atoms with Gasteiger partial charge >= 0.3 is 6.03 Å². The lowest BCUT2D eigenvalue weighted by atomic mass is 9.94. The summed E-state index contributed by atoms with van der Waals surface area (Å²) in [6, 6.07) is 8.76. The predicted molar refractivity (Wildman–Crippen MR) is 104 cm³/mol. The maximum absolute atomic E-state index is 13.5. The van der Waals surface area contributed by atoms with E-state index < -0.39 is 29.6 Å². The number of nitrogens with one attached hydrogen (secondary N) is 3. The zero-order valence-electron chi connectivity index (χ0n) is 15.6. The van der Waals surface area contributed by atoms with Crippen LogP contribution >= 0.6 is 0 Å². The topological polar surface area (TPSA) is 79.5 Å². The van der Waals surface area contributed by atoms with Crippen molar-refractivity contribution in [1.82, 2.24) is 10.6 Å². The van der Waals surface area contributed by atoms with E-state index in [2.05, 4.69) is 22.5 Å². The lowest BCUT2D eigenvalue weighted by Gasteiger charge is -2.29. The van der Waals surface area contributed by atoms with E-state index in [0.29, 0.717) is 23.6 Å². The predicted octanol–water partition coefficient (Wildman–Crippen LogP) is 3.80. The third-order valence-electron chi connectivity index (χ3n) is 4.25. The van der Waals surface area contributed by atoms with E-state index in [1.807, 2.05) is 0 Å². The zero-order chi connectivity index (χ0) is 21.0. The van der Waals surface area contributed by atoms with Crippen LogP contribution in [0.1, 0.15) is 18.5 Å². The van der Waals surface area contributed by atoms with Gasteiger partial charge in [0.05, 0.1) is 11.6 Å². The van der Waals surface area contributed by atoms with Crippen molar-refractivity contribution in [1.29, 1.82) is 0 Å². The van der Waals surface area contributed by atoms with Crippen LogP contribution in [0.15, 0.2) is 66.4 Å². The van der Waals surface area contributed by atoms with Crippen molar-refractivity contribution in [3.63, 3.8) is 0 Å².